The van der Waals surface area contributed by atoms with Crippen molar-refractivity contribution in [2.45, 2.75) is 6.92 Å². The molecule has 1 aromatic carbocycles. The molecule has 0 unspecified atom stereocenters. The van der Waals surface area contributed by atoms with E-state index in [9.17, 15) is 4.79 Å². The van der Waals surface area contributed by atoms with Crippen molar-refractivity contribution in [1.29, 1.82) is 0 Å². The first kappa shape index (κ1) is 16.0. The third-order valence-corrected chi connectivity index (χ3v) is 4.29. The molecule has 4 rings (SSSR count). The van der Waals surface area contributed by atoms with Gasteiger partial charge in [0, 0.05) is 42.2 Å². The molecule has 0 atom stereocenters. The zero-order valence-corrected chi connectivity index (χ0v) is 14.5. The summed E-state index contributed by atoms with van der Waals surface area (Å²) in [6.45, 7) is 1.94. The average Bonchev–Trinajstić information content (AvgIpc) is 2.98. The predicted octanol–water partition coefficient (Wildman–Crippen LogP) is 3.59. The van der Waals surface area contributed by atoms with Crippen LogP contribution in [0.3, 0.4) is 0 Å². The number of carbonyl (C=O) groups is 1. The molecule has 0 aliphatic carbocycles. The van der Waals surface area contributed by atoms with Gasteiger partial charge < -0.3 is 5.32 Å². The highest BCUT2D eigenvalue weighted by atomic mass is 16.1. The van der Waals surface area contributed by atoms with Gasteiger partial charge in [0.1, 0.15) is 0 Å². The minimum Gasteiger partial charge on any atom is -0.305 e. The van der Waals surface area contributed by atoms with Crippen LogP contribution in [0.25, 0.3) is 22.2 Å². The highest BCUT2D eigenvalue weighted by molar-refractivity contribution is 6.12. The summed E-state index contributed by atoms with van der Waals surface area (Å²) in [7, 11) is 1.84. The molecule has 1 N–H and O–H groups in total. The summed E-state index contributed by atoms with van der Waals surface area (Å²) >= 11 is 0. The van der Waals surface area contributed by atoms with E-state index in [2.05, 4.69) is 20.4 Å². The highest BCUT2D eigenvalue weighted by Crippen LogP contribution is 2.25. The van der Waals surface area contributed by atoms with Crippen molar-refractivity contribution in [3.05, 3.63) is 72.2 Å². The Hall–Kier alpha value is -3.54. The largest absolute Gasteiger partial charge is 0.305 e. The van der Waals surface area contributed by atoms with Crippen LogP contribution < -0.4 is 5.32 Å². The molecule has 6 heteroatoms. The monoisotopic (exact) mass is 343 g/mol. The Labute approximate surface area is 150 Å². The van der Waals surface area contributed by atoms with Crippen molar-refractivity contribution < 1.29 is 4.79 Å². The maximum Gasteiger partial charge on any atom is 0.257 e. The molecular formula is C20H17N5O. The second-order valence-electron chi connectivity index (χ2n) is 6.06. The molecule has 0 bridgehead atoms. The number of benzene rings is 1. The van der Waals surface area contributed by atoms with E-state index in [1.165, 1.54) is 0 Å². The number of nitrogens with zero attached hydrogens (tertiary/aromatic N) is 4. The zero-order chi connectivity index (χ0) is 18.1. The van der Waals surface area contributed by atoms with Gasteiger partial charge in [-0.2, -0.15) is 5.10 Å². The summed E-state index contributed by atoms with van der Waals surface area (Å²) in [5.41, 5.74) is 3.94. The van der Waals surface area contributed by atoms with Gasteiger partial charge >= 0.3 is 0 Å². The number of hydrogen-bond acceptors (Lipinski definition) is 4. The number of anilines is 1. The van der Waals surface area contributed by atoms with Gasteiger partial charge in [0.25, 0.3) is 5.91 Å². The molecule has 4 aromatic rings. The van der Waals surface area contributed by atoms with Gasteiger partial charge in [-0.05, 0) is 31.2 Å². The Balaban J connectivity index is 1.81. The lowest BCUT2D eigenvalue weighted by Crippen LogP contribution is -2.13. The molecule has 0 saturated heterocycles. The van der Waals surface area contributed by atoms with Gasteiger partial charge in [-0.25, -0.2) is 4.98 Å². The highest BCUT2D eigenvalue weighted by Gasteiger charge is 2.15. The normalized spacial score (nSPS) is 10.8. The molecule has 1 amide bonds. The molecular weight excluding hydrogens is 326 g/mol. The molecule has 0 radical (unpaired) electrons. The van der Waals surface area contributed by atoms with Crippen LogP contribution in [0, 0.1) is 6.92 Å². The predicted molar refractivity (Wildman–Crippen MR) is 101 cm³/mol. The lowest BCUT2D eigenvalue weighted by molar-refractivity contribution is 0.102. The van der Waals surface area contributed by atoms with Gasteiger partial charge in [0.2, 0.25) is 0 Å². The van der Waals surface area contributed by atoms with Crippen molar-refractivity contribution in [2.24, 2.45) is 7.05 Å². The number of rotatable bonds is 3. The molecule has 26 heavy (non-hydrogen) atoms. The Morgan fingerprint density at radius 3 is 2.58 bits per heavy atom. The summed E-state index contributed by atoms with van der Waals surface area (Å²) in [6.07, 6.45) is 3.42. The summed E-state index contributed by atoms with van der Waals surface area (Å²) < 4.78 is 1.72. The first-order chi connectivity index (χ1) is 12.6. The third-order valence-electron chi connectivity index (χ3n) is 4.29. The van der Waals surface area contributed by atoms with Gasteiger partial charge in [-0.3, -0.25) is 14.5 Å². The molecule has 3 heterocycles. The van der Waals surface area contributed by atoms with E-state index in [0.29, 0.717) is 11.4 Å². The molecule has 0 saturated carbocycles. The van der Waals surface area contributed by atoms with Crippen LogP contribution in [0.1, 0.15) is 16.1 Å². The Morgan fingerprint density at radius 2 is 1.85 bits per heavy atom. The van der Waals surface area contributed by atoms with E-state index in [4.69, 9.17) is 0 Å². The van der Waals surface area contributed by atoms with Crippen LogP contribution in [-0.2, 0) is 7.05 Å². The number of aryl methyl sites for hydroxylation is 2. The number of amides is 1. The molecule has 6 nitrogen and oxygen atoms in total. The second kappa shape index (κ2) is 6.40. The van der Waals surface area contributed by atoms with E-state index in [0.717, 1.165) is 27.9 Å². The Bertz CT molecular complexity index is 1080. The van der Waals surface area contributed by atoms with Crippen LogP contribution >= 0.6 is 0 Å². The van der Waals surface area contributed by atoms with E-state index in [1.54, 1.807) is 17.1 Å². The Morgan fingerprint density at radius 1 is 1.08 bits per heavy atom. The molecule has 0 spiro atoms. The van der Waals surface area contributed by atoms with Crippen LogP contribution in [0.5, 0.6) is 0 Å². The SMILES string of the molecule is Cc1cc(NC(=O)c2cc(-c3ccncc3)nc3ccccc23)nn1C. The molecule has 0 aliphatic heterocycles. The van der Waals surface area contributed by atoms with Crippen molar-refractivity contribution in [2.75, 3.05) is 5.32 Å². The van der Waals surface area contributed by atoms with Crippen molar-refractivity contribution in [3.8, 4) is 11.3 Å². The molecule has 0 fully saturated rings. The fourth-order valence-electron chi connectivity index (χ4n) is 2.84. The van der Waals surface area contributed by atoms with Crippen molar-refractivity contribution in [3.63, 3.8) is 0 Å². The Kier molecular flexibility index (Phi) is 3.93. The first-order valence-electron chi connectivity index (χ1n) is 8.24. The minimum atomic E-state index is -0.211. The van der Waals surface area contributed by atoms with E-state index in [-0.39, 0.29) is 5.91 Å². The maximum absolute atomic E-state index is 12.9. The van der Waals surface area contributed by atoms with Gasteiger partial charge in [-0.1, -0.05) is 18.2 Å². The number of para-hydroxylation sites is 1. The number of nitrogens with one attached hydrogen (secondary N) is 1. The summed E-state index contributed by atoms with van der Waals surface area (Å²) in [6, 6.07) is 15.0. The first-order valence-corrected chi connectivity index (χ1v) is 8.24. The number of fused-ring (bicyclic) bond motifs is 1. The van der Waals surface area contributed by atoms with Crippen LogP contribution in [-0.4, -0.2) is 25.7 Å². The van der Waals surface area contributed by atoms with Crippen molar-refractivity contribution >= 4 is 22.6 Å². The zero-order valence-electron chi connectivity index (χ0n) is 14.5. The summed E-state index contributed by atoms with van der Waals surface area (Å²) in [4.78, 5) is 21.7. The van der Waals surface area contributed by atoms with Crippen LogP contribution in [0.15, 0.2) is 60.9 Å². The van der Waals surface area contributed by atoms with Crippen LogP contribution in [0.2, 0.25) is 0 Å². The molecule has 0 aliphatic rings. The quantitative estimate of drug-likeness (QED) is 0.617. The van der Waals surface area contributed by atoms with Gasteiger partial charge in [0.15, 0.2) is 5.82 Å². The second-order valence-corrected chi connectivity index (χ2v) is 6.06. The fourth-order valence-corrected chi connectivity index (χ4v) is 2.84. The molecule has 3 aromatic heterocycles. The van der Waals surface area contributed by atoms with Gasteiger partial charge in [-0.15, -0.1) is 0 Å². The third kappa shape index (κ3) is 2.93. The number of hydrogen-bond donors (Lipinski definition) is 1. The van der Waals surface area contributed by atoms with Gasteiger partial charge in [0.05, 0.1) is 16.8 Å². The molecule has 128 valence electrons. The topological polar surface area (TPSA) is 72.7 Å². The summed E-state index contributed by atoms with van der Waals surface area (Å²) in [5.74, 6) is 0.318. The fraction of sp³-hybridized carbons (Fsp3) is 0.100. The van der Waals surface area contributed by atoms with Crippen molar-refractivity contribution in [1.82, 2.24) is 19.7 Å². The van der Waals surface area contributed by atoms with E-state index >= 15 is 0 Å². The van der Waals surface area contributed by atoms with Crippen LogP contribution in [0.4, 0.5) is 5.82 Å². The smallest absolute Gasteiger partial charge is 0.257 e. The van der Waals surface area contributed by atoms with E-state index in [1.807, 2.05) is 62.5 Å². The summed E-state index contributed by atoms with van der Waals surface area (Å²) in [5, 5.41) is 7.98. The average molecular weight is 343 g/mol. The maximum atomic E-state index is 12.9. The standard InChI is InChI=1S/C20H17N5O/c1-13-11-19(24-25(13)2)23-20(26)16-12-18(14-7-9-21-10-8-14)22-17-6-4-3-5-15(16)17/h3-12H,1-2H3,(H,23,24,26). The number of carbonyl (C=O) groups excluding carboxylic acids is 1. The lowest BCUT2D eigenvalue weighted by Gasteiger charge is -2.09. The van der Waals surface area contributed by atoms with E-state index < -0.39 is 0 Å². The number of aromatic nitrogens is 4. The number of pyridine rings is 2. The minimum absolute atomic E-state index is 0.211. The lowest BCUT2D eigenvalue weighted by atomic mass is 10.0.